The summed E-state index contributed by atoms with van der Waals surface area (Å²) in [4.78, 5) is 2.18. The molecule has 0 saturated heterocycles. The van der Waals surface area contributed by atoms with Gasteiger partial charge in [-0.15, -0.1) is 0 Å². The van der Waals surface area contributed by atoms with Crippen molar-refractivity contribution in [3.8, 4) is 0 Å². The van der Waals surface area contributed by atoms with Gasteiger partial charge in [0.15, 0.2) is 0 Å². The lowest BCUT2D eigenvalue weighted by molar-refractivity contribution is 0.187. The summed E-state index contributed by atoms with van der Waals surface area (Å²) in [6.45, 7) is 4.32. The van der Waals surface area contributed by atoms with Crippen LogP contribution in [0.5, 0.6) is 0 Å². The van der Waals surface area contributed by atoms with Gasteiger partial charge >= 0.3 is 0 Å². The Labute approximate surface area is 93.1 Å². The van der Waals surface area contributed by atoms with E-state index >= 15 is 0 Å². The summed E-state index contributed by atoms with van der Waals surface area (Å²) in [6, 6.07) is 10.7. The van der Waals surface area contributed by atoms with Crippen LogP contribution in [0.15, 0.2) is 30.3 Å². The summed E-state index contributed by atoms with van der Waals surface area (Å²) in [5, 5.41) is 0. The van der Waals surface area contributed by atoms with Crippen molar-refractivity contribution >= 4 is 0 Å². The molecule has 0 bridgehead atoms. The van der Waals surface area contributed by atoms with Crippen LogP contribution in [-0.2, 0) is 5.54 Å². The Morgan fingerprint density at radius 2 is 1.80 bits per heavy atom. The van der Waals surface area contributed by atoms with Crippen molar-refractivity contribution in [2.45, 2.75) is 31.8 Å². The molecular weight excluding hydrogens is 184 g/mol. The summed E-state index contributed by atoms with van der Waals surface area (Å²) in [6.07, 6.45) is 0.941. The Bertz CT molecular complexity index is 295. The van der Waals surface area contributed by atoms with E-state index in [2.05, 4.69) is 57.1 Å². The highest BCUT2D eigenvalue weighted by atomic mass is 15.1. The summed E-state index contributed by atoms with van der Waals surface area (Å²) in [7, 11) is 4.15. The molecule has 2 unspecified atom stereocenters. The molecule has 2 N–H and O–H groups in total. The van der Waals surface area contributed by atoms with Gasteiger partial charge in [-0.25, -0.2) is 0 Å². The van der Waals surface area contributed by atoms with E-state index in [-0.39, 0.29) is 5.54 Å². The van der Waals surface area contributed by atoms with Crippen LogP contribution in [0.4, 0.5) is 0 Å². The zero-order valence-corrected chi connectivity index (χ0v) is 10.2. The highest BCUT2D eigenvalue weighted by Gasteiger charge is 2.32. The first-order chi connectivity index (χ1) is 7.02. The quantitative estimate of drug-likeness (QED) is 0.818. The second-order valence-electron chi connectivity index (χ2n) is 4.40. The van der Waals surface area contributed by atoms with E-state index < -0.39 is 0 Å². The molecule has 0 aliphatic carbocycles. The van der Waals surface area contributed by atoms with E-state index in [0.29, 0.717) is 6.04 Å². The monoisotopic (exact) mass is 206 g/mol. The average Bonchev–Trinajstić information content (AvgIpc) is 2.28. The molecule has 2 heteroatoms. The van der Waals surface area contributed by atoms with Crippen LogP contribution >= 0.6 is 0 Å². The molecule has 2 atom stereocenters. The van der Waals surface area contributed by atoms with Gasteiger partial charge in [0, 0.05) is 6.04 Å². The maximum atomic E-state index is 6.52. The predicted molar refractivity (Wildman–Crippen MR) is 65.7 cm³/mol. The number of likely N-dealkylation sites (N-methyl/N-ethyl adjacent to an activating group) is 1. The number of nitrogens with two attached hydrogens (primary N) is 1. The Balaban J connectivity index is 3.05. The molecule has 0 saturated carbocycles. The number of hydrogen-bond donors (Lipinski definition) is 1. The zero-order chi connectivity index (χ0) is 11.5. The Morgan fingerprint density at radius 3 is 2.20 bits per heavy atom. The fourth-order valence-corrected chi connectivity index (χ4v) is 1.95. The summed E-state index contributed by atoms with van der Waals surface area (Å²) >= 11 is 0. The van der Waals surface area contributed by atoms with E-state index in [0.717, 1.165) is 6.42 Å². The van der Waals surface area contributed by atoms with Gasteiger partial charge in [0.2, 0.25) is 0 Å². The number of rotatable bonds is 4. The predicted octanol–water partition coefficient (Wildman–Crippen LogP) is 2.20. The van der Waals surface area contributed by atoms with E-state index in [4.69, 9.17) is 5.73 Å². The third kappa shape index (κ3) is 2.39. The SMILES string of the molecule is CCC(N)(c1ccccc1)C(C)N(C)C. The molecule has 0 heterocycles. The molecule has 1 rings (SSSR count). The minimum Gasteiger partial charge on any atom is -0.320 e. The standard InChI is InChI=1S/C13H22N2/c1-5-13(14,11(2)15(3)4)12-9-7-6-8-10-12/h6-11H,5,14H2,1-4H3. The fourth-order valence-electron chi connectivity index (χ4n) is 1.95. The topological polar surface area (TPSA) is 29.3 Å². The molecule has 0 aliphatic heterocycles. The first-order valence-corrected chi connectivity index (χ1v) is 5.53. The van der Waals surface area contributed by atoms with Crippen molar-refractivity contribution in [3.05, 3.63) is 35.9 Å². The molecule has 0 aromatic heterocycles. The maximum absolute atomic E-state index is 6.52. The molecule has 15 heavy (non-hydrogen) atoms. The highest BCUT2D eigenvalue weighted by molar-refractivity contribution is 5.25. The van der Waals surface area contributed by atoms with Crippen molar-refractivity contribution in [1.82, 2.24) is 4.90 Å². The van der Waals surface area contributed by atoms with Crippen molar-refractivity contribution < 1.29 is 0 Å². The Morgan fingerprint density at radius 1 is 1.27 bits per heavy atom. The molecule has 0 radical (unpaired) electrons. The molecule has 84 valence electrons. The van der Waals surface area contributed by atoms with Gasteiger partial charge in [-0.05, 0) is 33.0 Å². The van der Waals surface area contributed by atoms with Crippen LogP contribution in [0.3, 0.4) is 0 Å². The molecule has 0 amide bonds. The van der Waals surface area contributed by atoms with Crippen molar-refractivity contribution in [2.75, 3.05) is 14.1 Å². The van der Waals surface area contributed by atoms with Crippen LogP contribution in [0, 0.1) is 0 Å². The van der Waals surface area contributed by atoms with Crippen LogP contribution in [0.1, 0.15) is 25.8 Å². The van der Waals surface area contributed by atoms with Crippen LogP contribution < -0.4 is 5.73 Å². The average molecular weight is 206 g/mol. The smallest absolute Gasteiger partial charge is 0.0561 e. The molecule has 1 aromatic rings. The van der Waals surface area contributed by atoms with E-state index in [1.807, 2.05) is 6.07 Å². The van der Waals surface area contributed by atoms with Gasteiger partial charge in [-0.1, -0.05) is 37.3 Å². The van der Waals surface area contributed by atoms with E-state index in [9.17, 15) is 0 Å². The van der Waals surface area contributed by atoms with Crippen molar-refractivity contribution in [1.29, 1.82) is 0 Å². The zero-order valence-electron chi connectivity index (χ0n) is 10.2. The minimum atomic E-state index is -0.259. The summed E-state index contributed by atoms with van der Waals surface area (Å²) < 4.78 is 0. The lowest BCUT2D eigenvalue weighted by Gasteiger charge is -2.39. The largest absolute Gasteiger partial charge is 0.320 e. The lowest BCUT2D eigenvalue weighted by Crippen LogP contribution is -2.52. The molecule has 2 nitrogen and oxygen atoms in total. The fraction of sp³-hybridized carbons (Fsp3) is 0.538. The Hall–Kier alpha value is -0.860. The van der Waals surface area contributed by atoms with Gasteiger partial charge in [0.05, 0.1) is 5.54 Å². The van der Waals surface area contributed by atoms with Gasteiger partial charge in [0.1, 0.15) is 0 Å². The van der Waals surface area contributed by atoms with Gasteiger partial charge < -0.3 is 10.6 Å². The van der Waals surface area contributed by atoms with Crippen molar-refractivity contribution in [3.63, 3.8) is 0 Å². The summed E-state index contributed by atoms with van der Waals surface area (Å²) in [5.41, 5.74) is 7.48. The first-order valence-electron chi connectivity index (χ1n) is 5.53. The Kier molecular flexibility index (Phi) is 3.89. The van der Waals surface area contributed by atoms with Gasteiger partial charge in [-0.2, -0.15) is 0 Å². The second-order valence-corrected chi connectivity index (χ2v) is 4.40. The van der Waals surface area contributed by atoms with E-state index in [1.165, 1.54) is 5.56 Å². The van der Waals surface area contributed by atoms with Crippen LogP contribution in [-0.4, -0.2) is 25.0 Å². The van der Waals surface area contributed by atoms with Gasteiger partial charge in [-0.3, -0.25) is 0 Å². The van der Waals surface area contributed by atoms with Crippen molar-refractivity contribution in [2.24, 2.45) is 5.73 Å². The number of benzene rings is 1. The third-order valence-corrected chi connectivity index (χ3v) is 3.42. The van der Waals surface area contributed by atoms with Gasteiger partial charge in [0.25, 0.3) is 0 Å². The first kappa shape index (κ1) is 12.2. The highest BCUT2D eigenvalue weighted by Crippen LogP contribution is 2.27. The van der Waals surface area contributed by atoms with Crippen LogP contribution in [0.2, 0.25) is 0 Å². The molecule has 1 aromatic carbocycles. The molecule has 0 spiro atoms. The number of hydrogen-bond acceptors (Lipinski definition) is 2. The summed E-state index contributed by atoms with van der Waals surface area (Å²) in [5.74, 6) is 0. The molecule has 0 aliphatic rings. The van der Waals surface area contributed by atoms with E-state index in [1.54, 1.807) is 0 Å². The molecule has 0 fully saturated rings. The third-order valence-electron chi connectivity index (χ3n) is 3.42. The minimum absolute atomic E-state index is 0.259. The van der Waals surface area contributed by atoms with Crippen LogP contribution in [0.25, 0.3) is 0 Å². The molecular formula is C13H22N2. The maximum Gasteiger partial charge on any atom is 0.0561 e. The lowest BCUT2D eigenvalue weighted by atomic mass is 9.81. The normalized spacial score (nSPS) is 17.5. The number of nitrogens with zero attached hydrogens (tertiary/aromatic N) is 1. The second kappa shape index (κ2) is 4.77.